The Morgan fingerprint density at radius 1 is 1.14 bits per heavy atom. The SMILES string of the molecule is C[C@@H]1C[C@@H](C)CN(C(=O)[C@@H]2CCCN(S(=O)(=O)c3cccc4nonc34)C2)C1. The Bertz CT molecular complexity index is 963. The first kappa shape index (κ1) is 19.3. The third kappa shape index (κ3) is 3.53. The number of piperidine rings is 2. The maximum atomic E-state index is 13.2. The predicted molar refractivity (Wildman–Crippen MR) is 103 cm³/mol. The van der Waals surface area contributed by atoms with Crippen molar-refractivity contribution in [3.63, 3.8) is 0 Å². The molecule has 1 aromatic heterocycles. The van der Waals surface area contributed by atoms with Crippen molar-refractivity contribution < 1.29 is 17.8 Å². The minimum atomic E-state index is -3.78. The summed E-state index contributed by atoms with van der Waals surface area (Å²) in [4.78, 5) is 15.1. The molecule has 3 heterocycles. The van der Waals surface area contributed by atoms with Gasteiger partial charge in [0.1, 0.15) is 10.4 Å². The van der Waals surface area contributed by atoms with Crippen LogP contribution in [-0.2, 0) is 14.8 Å². The summed E-state index contributed by atoms with van der Waals surface area (Å²) in [6, 6.07) is 4.80. The molecule has 28 heavy (non-hydrogen) atoms. The Balaban J connectivity index is 1.55. The van der Waals surface area contributed by atoms with Crippen LogP contribution in [0.1, 0.15) is 33.1 Å². The molecular weight excluding hydrogens is 380 g/mol. The van der Waals surface area contributed by atoms with E-state index in [1.807, 2.05) is 4.90 Å². The van der Waals surface area contributed by atoms with Crippen LogP contribution in [0.3, 0.4) is 0 Å². The van der Waals surface area contributed by atoms with E-state index in [0.29, 0.717) is 30.3 Å². The molecule has 152 valence electrons. The average molecular weight is 407 g/mol. The van der Waals surface area contributed by atoms with Crippen molar-refractivity contribution in [1.82, 2.24) is 19.5 Å². The Morgan fingerprint density at radius 3 is 2.64 bits per heavy atom. The fraction of sp³-hybridized carbons (Fsp3) is 0.632. The second-order valence-corrected chi connectivity index (χ2v) is 10.2. The van der Waals surface area contributed by atoms with E-state index in [-0.39, 0.29) is 28.8 Å². The first-order chi connectivity index (χ1) is 13.4. The summed E-state index contributed by atoms with van der Waals surface area (Å²) in [5.41, 5.74) is 0.636. The van der Waals surface area contributed by atoms with Crippen molar-refractivity contribution in [3.05, 3.63) is 18.2 Å². The lowest BCUT2D eigenvalue weighted by Crippen LogP contribution is -2.50. The summed E-state index contributed by atoms with van der Waals surface area (Å²) >= 11 is 0. The fourth-order valence-electron chi connectivity index (χ4n) is 4.59. The predicted octanol–water partition coefficient (Wildman–Crippen LogP) is 2.13. The molecule has 2 aliphatic rings. The summed E-state index contributed by atoms with van der Waals surface area (Å²) in [5.74, 6) is 0.747. The van der Waals surface area contributed by atoms with Crippen LogP contribution >= 0.6 is 0 Å². The fourth-order valence-corrected chi connectivity index (χ4v) is 6.25. The molecule has 0 radical (unpaired) electrons. The lowest BCUT2D eigenvalue weighted by molar-refractivity contribution is -0.139. The molecular formula is C19H26N4O4S. The molecule has 0 bridgehead atoms. The van der Waals surface area contributed by atoms with E-state index >= 15 is 0 Å². The second kappa shape index (κ2) is 7.44. The maximum absolute atomic E-state index is 13.2. The number of carbonyl (C=O) groups excluding carboxylic acids is 1. The molecule has 2 aliphatic heterocycles. The van der Waals surface area contributed by atoms with E-state index in [9.17, 15) is 13.2 Å². The van der Waals surface area contributed by atoms with Gasteiger partial charge in [0, 0.05) is 26.2 Å². The first-order valence-corrected chi connectivity index (χ1v) is 11.3. The van der Waals surface area contributed by atoms with Gasteiger partial charge in [0.15, 0.2) is 5.52 Å². The van der Waals surface area contributed by atoms with Gasteiger partial charge in [-0.05, 0) is 53.5 Å². The highest BCUT2D eigenvalue weighted by Crippen LogP contribution is 2.29. The number of aromatic nitrogens is 2. The number of carbonyl (C=O) groups is 1. The number of nitrogens with zero attached hydrogens (tertiary/aromatic N) is 4. The van der Waals surface area contributed by atoms with E-state index in [0.717, 1.165) is 25.9 Å². The van der Waals surface area contributed by atoms with E-state index < -0.39 is 10.0 Å². The average Bonchev–Trinajstić information content (AvgIpc) is 3.15. The van der Waals surface area contributed by atoms with Gasteiger partial charge in [0.05, 0.1) is 5.92 Å². The number of rotatable bonds is 3. The van der Waals surface area contributed by atoms with Gasteiger partial charge < -0.3 is 4.90 Å². The number of hydrogen-bond acceptors (Lipinski definition) is 6. The normalized spacial score (nSPS) is 27.2. The Labute approximate surface area is 164 Å². The smallest absolute Gasteiger partial charge is 0.245 e. The summed E-state index contributed by atoms with van der Waals surface area (Å²) < 4.78 is 32.6. The third-order valence-electron chi connectivity index (χ3n) is 5.78. The van der Waals surface area contributed by atoms with Crippen molar-refractivity contribution >= 4 is 27.0 Å². The minimum Gasteiger partial charge on any atom is -0.342 e. The number of amides is 1. The van der Waals surface area contributed by atoms with Crippen LogP contribution in [0.25, 0.3) is 11.0 Å². The van der Waals surface area contributed by atoms with Crippen molar-refractivity contribution in [2.24, 2.45) is 17.8 Å². The topological polar surface area (TPSA) is 96.6 Å². The van der Waals surface area contributed by atoms with Crippen molar-refractivity contribution in [2.75, 3.05) is 26.2 Å². The Kier molecular flexibility index (Phi) is 5.13. The second-order valence-electron chi connectivity index (χ2n) is 8.28. The lowest BCUT2D eigenvalue weighted by Gasteiger charge is -2.39. The zero-order valence-corrected chi connectivity index (χ0v) is 17.1. The number of likely N-dealkylation sites (tertiary alicyclic amines) is 1. The highest BCUT2D eigenvalue weighted by Gasteiger charge is 2.37. The van der Waals surface area contributed by atoms with Gasteiger partial charge in [0.25, 0.3) is 0 Å². The first-order valence-electron chi connectivity index (χ1n) is 9.86. The number of fused-ring (bicyclic) bond motifs is 1. The number of benzene rings is 1. The molecule has 9 heteroatoms. The van der Waals surface area contributed by atoms with Crippen LogP contribution in [0.15, 0.2) is 27.7 Å². The summed E-state index contributed by atoms with van der Waals surface area (Å²) in [6.45, 7) is 6.47. The highest BCUT2D eigenvalue weighted by molar-refractivity contribution is 7.89. The highest BCUT2D eigenvalue weighted by atomic mass is 32.2. The van der Waals surface area contributed by atoms with Gasteiger partial charge >= 0.3 is 0 Å². The van der Waals surface area contributed by atoms with Gasteiger partial charge in [-0.1, -0.05) is 19.9 Å². The molecule has 0 unspecified atom stereocenters. The summed E-state index contributed by atoms with van der Waals surface area (Å²) in [6.07, 6.45) is 2.52. The molecule has 4 rings (SSSR count). The van der Waals surface area contributed by atoms with Crippen molar-refractivity contribution in [1.29, 1.82) is 0 Å². The van der Waals surface area contributed by atoms with E-state index in [1.165, 1.54) is 10.4 Å². The van der Waals surface area contributed by atoms with Gasteiger partial charge in [0.2, 0.25) is 15.9 Å². The zero-order chi connectivity index (χ0) is 19.9. The number of sulfonamides is 1. The van der Waals surface area contributed by atoms with Crippen LogP contribution in [0, 0.1) is 17.8 Å². The quantitative estimate of drug-likeness (QED) is 0.775. The zero-order valence-electron chi connectivity index (χ0n) is 16.2. The molecule has 1 amide bonds. The minimum absolute atomic E-state index is 0.0829. The molecule has 3 atom stereocenters. The monoisotopic (exact) mass is 406 g/mol. The van der Waals surface area contributed by atoms with Crippen LogP contribution in [-0.4, -0.2) is 60.0 Å². The molecule has 2 fully saturated rings. The van der Waals surface area contributed by atoms with Gasteiger partial charge in [-0.3, -0.25) is 4.79 Å². The molecule has 0 spiro atoms. The molecule has 2 aromatic rings. The Morgan fingerprint density at radius 2 is 1.89 bits per heavy atom. The van der Waals surface area contributed by atoms with Crippen LogP contribution < -0.4 is 0 Å². The molecule has 0 saturated carbocycles. The van der Waals surface area contributed by atoms with E-state index in [4.69, 9.17) is 4.63 Å². The maximum Gasteiger partial charge on any atom is 0.245 e. The number of hydrogen-bond donors (Lipinski definition) is 0. The van der Waals surface area contributed by atoms with E-state index in [2.05, 4.69) is 24.2 Å². The summed E-state index contributed by atoms with van der Waals surface area (Å²) in [7, 11) is -3.78. The molecule has 1 aromatic carbocycles. The third-order valence-corrected chi connectivity index (χ3v) is 7.68. The van der Waals surface area contributed by atoms with E-state index in [1.54, 1.807) is 12.1 Å². The van der Waals surface area contributed by atoms with Crippen LogP contribution in [0.2, 0.25) is 0 Å². The van der Waals surface area contributed by atoms with Crippen molar-refractivity contribution in [2.45, 2.75) is 38.0 Å². The summed E-state index contributed by atoms with van der Waals surface area (Å²) in [5, 5.41) is 7.48. The van der Waals surface area contributed by atoms with Gasteiger partial charge in [-0.15, -0.1) is 0 Å². The van der Waals surface area contributed by atoms with Crippen LogP contribution in [0.4, 0.5) is 0 Å². The van der Waals surface area contributed by atoms with Crippen molar-refractivity contribution in [3.8, 4) is 0 Å². The molecule has 2 saturated heterocycles. The lowest BCUT2D eigenvalue weighted by atomic mass is 9.90. The standard InChI is InChI=1S/C19H26N4O4S/c1-13-9-14(2)11-22(10-13)19(24)15-5-4-8-23(12-15)28(25,26)17-7-3-6-16-18(17)21-27-20-16/h3,6-7,13-15H,4-5,8-12H2,1-2H3/t13-,14-,15-/m1/s1. The molecule has 8 nitrogen and oxygen atoms in total. The Hall–Kier alpha value is -2.00. The van der Waals surface area contributed by atoms with Gasteiger partial charge in [-0.25, -0.2) is 13.0 Å². The largest absolute Gasteiger partial charge is 0.342 e. The molecule has 0 aliphatic carbocycles. The molecule has 0 N–H and O–H groups in total. The van der Waals surface area contributed by atoms with Gasteiger partial charge in [-0.2, -0.15) is 4.31 Å². The van der Waals surface area contributed by atoms with Crippen LogP contribution in [0.5, 0.6) is 0 Å².